The number of hydrogen-bond donors (Lipinski definition) is 3. The molecule has 2 aromatic rings. The first-order valence-electron chi connectivity index (χ1n) is 10.3. The van der Waals surface area contributed by atoms with Gasteiger partial charge >= 0.3 is 17.7 Å². The standard InChI is InChI=1S/C22H29N3O7/c1-6-25(7-2)14-9-8-13-10-15(20(29)31-17(13)11-14)18(26)23-12-16(19(27)28)24-21(30)32-22(3,4)5/h8-11,16H,6-7,12H2,1-5H3,(H,23,26)(H,24,30)(H,27,28)/t16-/m0/s1. The van der Waals surface area contributed by atoms with Crippen molar-refractivity contribution >= 4 is 34.6 Å². The topological polar surface area (TPSA) is 138 Å². The number of nitrogens with zero attached hydrogens (tertiary/aromatic N) is 1. The van der Waals surface area contributed by atoms with Gasteiger partial charge in [0, 0.05) is 36.8 Å². The number of anilines is 1. The van der Waals surface area contributed by atoms with E-state index in [1.807, 2.05) is 19.9 Å². The van der Waals surface area contributed by atoms with Gasteiger partial charge < -0.3 is 29.8 Å². The van der Waals surface area contributed by atoms with E-state index in [1.54, 1.807) is 32.9 Å². The molecule has 0 saturated heterocycles. The Morgan fingerprint density at radius 2 is 1.81 bits per heavy atom. The lowest BCUT2D eigenvalue weighted by Gasteiger charge is -2.22. The smallest absolute Gasteiger partial charge is 0.408 e. The molecule has 1 heterocycles. The van der Waals surface area contributed by atoms with Gasteiger partial charge in [0.25, 0.3) is 5.91 Å². The van der Waals surface area contributed by atoms with Gasteiger partial charge in [0.05, 0.1) is 0 Å². The Kier molecular flexibility index (Phi) is 7.85. The normalized spacial score (nSPS) is 12.2. The van der Waals surface area contributed by atoms with Gasteiger partial charge in [0.15, 0.2) is 0 Å². The molecule has 10 nitrogen and oxygen atoms in total. The van der Waals surface area contributed by atoms with Crippen LogP contribution in [0.25, 0.3) is 11.0 Å². The summed E-state index contributed by atoms with van der Waals surface area (Å²) in [6.07, 6.45) is -0.937. The molecular weight excluding hydrogens is 418 g/mol. The zero-order valence-electron chi connectivity index (χ0n) is 18.9. The number of amides is 2. The lowest BCUT2D eigenvalue weighted by atomic mass is 10.1. The number of benzene rings is 1. The van der Waals surface area contributed by atoms with Gasteiger partial charge in [-0.05, 0) is 52.8 Å². The minimum atomic E-state index is -1.45. The van der Waals surface area contributed by atoms with E-state index >= 15 is 0 Å². The SMILES string of the molecule is CCN(CC)c1ccc2cc(C(=O)NC[C@H](NC(=O)OC(C)(C)C)C(=O)O)c(=O)oc2c1. The van der Waals surface area contributed by atoms with Crippen LogP contribution in [0.2, 0.25) is 0 Å². The molecule has 0 spiro atoms. The van der Waals surface area contributed by atoms with E-state index in [9.17, 15) is 24.3 Å². The van der Waals surface area contributed by atoms with Crippen molar-refractivity contribution in [3.63, 3.8) is 0 Å². The molecule has 0 radical (unpaired) electrons. The molecule has 1 aromatic carbocycles. The maximum Gasteiger partial charge on any atom is 0.408 e. The van der Waals surface area contributed by atoms with Crippen molar-refractivity contribution in [3.8, 4) is 0 Å². The molecule has 0 aliphatic rings. The zero-order chi connectivity index (χ0) is 24.1. The largest absolute Gasteiger partial charge is 0.480 e. The highest BCUT2D eigenvalue weighted by Crippen LogP contribution is 2.22. The van der Waals surface area contributed by atoms with Crippen LogP contribution < -0.4 is 21.2 Å². The summed E-state index contributed by atoms with van der Waals surface area (Å²) in [5, 5.41) is 14.4. The van der Waals surface area contributed by atoms with Crippen molar-refractivity contribution < 1.29 is 28.6 Å². The number of carboxylic acids is 1. The van der Waals surface area contributed by atoms with E-state index in [2.05, 4.69) is 15.5 Å². The van der Waals surface area contributed by atoms with Crippen molar-refractivity contribution in [2.75, 3.05) is 24.5 Å². The van der Waals surface area contributed by atoms with E-state index in [-0.39, 0.29) is 5.56 Å². The molecule has 0 aliphatic heterocycles. The lowest BCUT2D eigenvalue weighted by molar-refractivity contribution is -0.139. The number of aliphatic carboxylic acids is 1. The molecular formula is C22H29N3O7. The van der Waals surface area contributed by atoms with Crippen molar-refractivity contribution in [2.24, 2.45) is 0 Å². The Hall–Kier alpha value is -3.56. The fourth-order valence-corrected chi connectivity index (χ4v) is 2.98. The highest BCUT2D eigenvalue weighted by Gasteiger charge is 2.25. The second-order valence-corrected chi connectivity index (χ2v) is 8.09. The fourth-order valence-electron chi connectivity index (χ4n) is 2.98. The van der Waals surface area contributed by atoms with E-state index in [4.69, 9.17) is 9.15 Å². The summed E-state index contributed by atoms with van der Waals surface area (Å²) in [5.41, 5.74) is -0.703. The first-order valence-corrected chi connectivity index (χ1v) is 10.3. The van der Waals surface area contributed by atoms with Crippen LogP contribution in [-0.2, 0) is 9.53 Å². The summed E-state index contributed by atoms with van der Waals surface area (Å²) in [6, 6.07) is 5.28. The number of fused-ring (bicyclic) bond motifs is 1. The second kappa shape index (κ2) is 10.2. The number of alkyl carbamates (subject to hydrolysis) is 1. The highest BCUT2D eigenvalue weighted by atomic mass is 16.6. The summed E-state index contributed by atoms with van der Waals surface area (Å²) in [7, 11) is 0. The molecule has 0 saturated carbocycles. The summed E-state index contributed by atoms with van der Waals surface area (Å²) >= 11 is 0. The number of nitrogens with one attached hydrogen (secondary N) is 2. The number of ether oxygens (including phenoxy) is 1. The summed E-state index contributed by atoms with van der Waals surface area (Å²) in [6.45, 7) is 10.0. The van der Waals surface area contributed by atoms with Crippen LogP contribution in [-0.4, -0.2) is 54.4 Å². The number of hydrogen-bond acceptors (Lipinski definition) is 7. The molecule has 2 amide bonds. The first kappa shape index (κ1) is 24.7. The average molecular weight is 447 g/mol. The average Bonchev–Trinajstić information content (AvgIpc) is 2.69. The maximum atomic E-state index is 12.5. The van der Waals surface area contributed by atoms with Gasteiger partial charge in [-0.2, -0.15) is 0 Å². The van der Waals surface area contributed by atoms with E-state index < -0.39 is 41.8 Å². The molecule has 0 fully saturated rings. The summed E-state index contributed by atoms with van der Waals surface area (Å²) in [5.74, 6) is -2.18. The number of rotatable bonds is 8. The van der Waals surface area contributed by atoms with Crippen LogP contribution in [0, 0.1) is 0 Å². The van der Waals surface area contributed by atoms with Gasteiger partial charge in [-0.15, -0.1) is 0 Å². The Balaban J connectivity index is 2.16. The number of carboxylic acid groups (broad SMARTS) is 1. The Morgan fingerprint density at radius 3 is 2.38 bits per heavy atom. The van der Waals surface area contributed by atoms with Crippen molar-refractivity contribution in [2.45, 2.75) is 46.3 Å². The Labute approximate surface area is 185 Å². The molecule has 0 aliphatic carbocycles. The van der Waals surface area contributed by atoms with Gasteiger partial charge in [-0.1, -0.05) is 0 Å². The summed E-state index contributed by atoms with van der Waals surface area (Å²) < 4.78 is 10.3. The minimum absolute atomic E-state index is 0.269. The van der Waals surface area contributed by atoms with Crippen LogP contribution in [0.3, 0.4) is 0 Å². The summed E-state index contributed by atoms with van der Waals surface area (Å²) in [4.78, 5) is 50.2. The third kappa shape index (κ3) is 6.47. The molecule has 0 unspecified atom stereocenters. The number of carbonyl (C=O) groups excluding carboxylic acids is 2. The van der Waals surface area contributed by atoms with Gasteiger partial charge in [0.2, 0.25) is 0 Å². The fraction of sp³-hybridized carbons (Fsp3) is 0.455. The predicted molar refractivity (Wildman–Crippen MR) is 119 cm³/mol. The monoisotopic (exact) mass is 447 g/mol. The van der Waals surface area contributed by atoms with Gasteiger partial charge in [-0.25, -0.2) is 14.4 Å². The molecule has 1 atom stereocenters. The van der Waals surface area contributed by atoms with Crippen LogP contribution in [0.5, 0.6) is 0 Å². The second-order valence-electron chi connectivity index (χ2n) is 8.09. The van der Waals surface area contributed by atoms with Crippen LogP contribution >= 0.6 is 0 Å². The van der Waals surface area contributed by atoms with Gasteiger partial charge in [0.1, 0.15) is 22.8 Å². The molecule has 174 valence electrons. The Morgan fingerprint density at radius 1 is 1.16 bits per heavy atom. The zero-order valence-corrected chi connectivity index (χ0v) is 18.9. The molecule has 10 heteroatoms. The van der Waals surface area contributed by atoms with Gasteiger partial charge in [-0.3, -0.25) is 4.79 Å². The number of carbonyl (C=O) groups is 3. The molecule has 2 rings (SSSR count). The van der Waals surface area contributed by atoms with E-state index in [1.165, 1.54) is 6.07 Å². The van der Waals surface area contributed by atoms with Crippen LogP contribution in [0.15, 0.2) is 33.5 Å². The highest BCUT2D eigenvalue weighted by molar-refractivity contribution is 5.97. The Bertz CT molecular complexity index is 1050. The third-order valence-corrected chi connectivity index (χ3v) is 4.55. The maximum absolute atomic E-state index is 12.5. The molecule has 32 heavy (non-hydrogen) atoms. The quantitative estimate of drug-likeness (QED) is 0.524. The van der Waals surface area contributed by atoms with E-state index in [0.29, 0.717) is 11.0 Å². The third-order valence-electron chi connectivity index (χ3n) is 4.55. The van der Waals surface area contributed by atoms with Crippen LogP contribution in [0.4, 0.5) is 10.5 Å². The van der Waals surface area contributed by atoms with Crippen molar-refractivity contribution in [3.05, 3.63) is 40.2 Å². The predicted octanol–water partition coefficient (Wildman–Crippen LogP) is 2.35. The first-order chi connectivity index (χ1) is 14.9. The van der Waals surface area contributed by atoms with Crippen molar-refractivity contribution in [1.82, 2.24) is 10.6 Å². The molecule has 0 bridgehead atoms. The van der Waals surface area contributed by atoms with Crippen LogP contribution in [0.1, 0.15) is 45.0 Å². The van der Waals surface area contributed by atoms with Crippen molar-refractivity contribution in [1.29, 1.82) is 0 Å². The minimum Gasteiger partial charge on any atom is -0.480 e. The lowest BCUT2D eigenvalue weighted by Crippen LogP contribution is -2.50. The van der Waals surface area contributed by atoms with E-state index in [0.717, 1.165) is 18.8 Å². The molecule has 3 N–H and O–H groups in total. The molecule has 1 aromatic heterocycles.